The van der Waals surface area contributed by atoms with Crippen molar-refractivity contribution in [3.05, 3.63) is 83.8 Å². The van der Waals surface area contributed by atoms with Gasteiger partial charge in [0.2, 0.25) is 0 Å². The quantitative estimate of drug-likeness (QED) is 0.437. The highest BCUT2D eigenvalue weighted by Crippen LogP contribution is 2.40. The lowest BCUT2D eigenvalue weighted by Crippen LogP contribution is -2.41. The van der Waals surface area contributed by atoms with Crippen molar-refractivity contribution in [3.63, 3.8) is 0 Å². The lowest BCUT2D eigenvalue weighted by atomic mass is 10.0. The fourth-order valence-corrected chi connectivity index (χ4v) is 6.30. The first kappa shape index (κ1) is 21.8. The first-order valence-corrected chi connectivity index (χ1v) is 13.0. The van der Waals surface area contributed by atoms with Gasteiger partial charge in [-0.3, -0.25) is 9.48 Å². The normalized spacial score (nSPS) is 16.5. The third kappa shape index (κ3) is 3.84. The third-order valence-electron chi connectivity index (χ3n) is 6.35. The molecule has 1 amide bonds. The molecule has 6 rings (SSSR count). The van der Waals surface area contributed by atoms with Gasteiger partial charge in [0.1, 0.15) is 0 Å². The Bertz CT molecular complexity index is 1520. The van der Waals surface area contributed by atoms with E-state index in [-0.39, 0.29) is 22.2 Å². The predicted molar refractivity (Wildman–Crippen MR) is 128 cm³/mol. The van der Waals surface area contributed by atoms with Gasteiger partial charge in [-0.15, -0.1) is 0 Å². The van der Waals surface area contributed by atoms with Gasteiger partial charge in [0.05, 0.1) is 41.8 Å². The van der Waals surface area contributed by atoms with Gasteiger partial charge >= 0.3 is 0 Å². The van der Waals surface area contributed by atoms with Crippen LogP contribution in [0.3, 0.4) is 0 Å². The van der Waals surface area contributed by atoms with E-state index >= 15 is 0 Å². The minimum atomic E-state index is -3.61. The summed E-state index contributed by atoms with van der Waals surface area (Å²) in [6.45, 7) is 2.37. The fourth-order valence-electron chi connectivity index (χ4n) is 4.71. The lowest BCUT2D eigenvalue weighted by molar-refractivity contribution is 0.0298. The molecule has 0 bridgehead atoms. The van der Waals surface area contributed by atoms with Gasteiger partial charge < -0.3 is 9.64 Å². The summed E-state index contributed by atoms with van der Waals surface area (Å²) in [4.78, 5) is 15.4. The van der Waals surface area contributed by atoms with Crippen LogP contribution >= 0.6 is 0 Å². The number of aromatic nitrogens is 4. The summed E-state index contributed by atoms with van der Waals surface area (Å²) in [5, 5.41) is 9.01. The molecular weight excluding hydrogens is 466 g/mol. The Kier molecular flexibility index (Phi) is 5.27. The van der Waals surface area contributed by atoms with E-state index in [2.05, 4.69) is 5.10 Å². The zero-order chi connectivity index (χ0) is 24.0. The number of sulfone groups is 1. The third-order valence-corrected chi connectivity index (χ3v) is 8.05. The second-order valence-corrected chi connectivity index (χ2v) is 10.6. The first-order chi connectivity index (χ1) is 17.0. The number of hydrogen-bond donors (Lipinski definition) is 0. The highest BCUT2D eigenvalue weighted by atomic mass is 32.2. The van der Waals surface area contributed by atoms with Crippen LogP contribution < -0.4 is 0 Å². The van der Waals surface area contributed by atoms with Gasteiger partial charge in [0, 0.05) is 36.6 Å². The van der Waals surface area contributed by atoms with Crippen LogP contribution in [0, 0.1) is 0 Å². The highest BCUT2D eigenvalue weighted by Gasteiger charge is 2.37. The van der Waals surface area contributed by atoms with E-state index in [0.29, 0.717) is 49.7 Å². The molecule has 0 radical (unpaired) electrons. The number of amides is 1. The molecule has 2 aliphatic heterocycles. The van der Waals surface area contributed by atoms with Crippen molar-refractivity contribution < 1.29 is 17.9 Å². The zero-order valence-electron chi connectivity index (χ0n) is 18.9. The van der Waals surface area contributed by atoms with E-state index in [0.717, 1.165) is 11.3 Å². The van der Waals surface area contributed by atoms with Crippen molar-refractivity contribution in [2.75, 3.05) is 26.3 Å². The Balaban J connectivity index is 1.52. The maximum absolute atomic E-state index is 13.5. The summed E-state index contributed by atoms with van der Waals surface area (Å²) >= 11 is 0. The number of rotatable bonds is 4. The molecule has 178 valence electrons. The molecule has 0 aliphatic carbocycles. The topological polar surface area (TPSA) is 99.3 Å². The second kappa shape index (κ2) is 8.47. The molecule has 2 aromatic carbocycles. The lowest BCUT2D eigenvalue weighted by Gasteiger charge is -2.26. The van der Waals surface area contributed by atoms with Crippen LogP contribution in [-0.2, 0) is 26.9 Å². The van der Waals surface area contributed by atoms with Crippen LogP contribution in [0.25, 0.3) is 16.9 Å². The van der Waals surface area contributed by atoms with Gasteiger partial charge in [-0.25, -0.2) is 13.1 Å². The van der Waals surface area contributed by atoms with Crippen LogP contribution in [0.15, 0.2) is 71.9 Å². The standard InChI is InChI=1S/C25H23N5O4S/c31-25(28-11-13-34-14-12-28)23-21-17-35(32,33)22-8-2-1-7-20(22)24(21)30(27-23)19-6-3-5-18(15-19)16-29-10-4-9-26-29/h1-10,15H,11-14,16-17H2. The second-order valence-electron chi connectivity index (χ2n) is 8.62. The number of fused-ring (bicyclic) bond motifs is 3. The number of hydrogen-bond acceptors (Lipinski definition) is 6. The van der Waals surface area contributed by atoms with E-state index in [4.69, 9.17) is 9.84 Å². The summed E-state index contributed by atoms with van der Waals surface area (Å²) < 4.78 is 35.3. The molecule has 0 atom stereocenters. The van der Waals surface area contributed by atoms with Crippen molar-refractivity contribution in [1.82, 2.24) is 24.5 Å². The molecular formula is C25H23N5O4S. The fraction of sp³-hybridized carbons (Fsp3) is 0.240. The van der Waals surface area contributed by atoms with Crippen molar-refractivity contribution >= 4 is 15.7 Å². The predicted octanol–water partition coefficient (Wildman–Crippen LogP) is 2.54. The van der Waals surface area contributed by atoms with Crippen LogP contribution in [-0.4, -0.2) is 65.1 Å². The number of carbonyl (C=O) groups is 1. The van der Waals surface area contributed by atoms with Gasteiger partial charge in [0.15, 0.2) is 15.5 Å². The van der Waals surface area contributed by atoms with Crippen molar-refractivity contribution in [3.8, 4) is 16.9 Å². The maximum Gasteiger partial charge on any atom is 0.274 e. The van der Waals surface area contributed by atoms with Crippen molar-refractivity contribution in [1.29, 1.82) is 0 Å². The number of nitrogens with zero attached hydrogens (tertiary/aromatic N) is 5. The SMILES string of the molecule is O=C(c1nn(-c2cccc(Cn3cccn3)c2)c2c1CS(=O)(=O)c1ccccc1-2)N1CCOCC1. The Hall–Kier alpha value is -3.76. The summed E-state index contributed by atoms with van der Waals surface area (Å²) in [5.41, 5.74) is 3.58. The molecule has 4 heterocycles. The molecule has 2 aliphatic rings. The number of ether oxygens (including phenoxy) is 1. The molecule has 1 saturated heterocycles. The summed E-state index contributed by atoms with van der Waals surface area (Å²) in [6, 6.07) is 16.6. The molecule has 2 aromatic heterocycles. The molecule has 9 nitrogen and oxygen atoms in total. The average Bonchev–Trinajstić information content (AvgIpc) is 3.52. The monoisotopic (exact) mass is 489 g/mol. The van der Waals surface area contributed by atoms with Crippen molar-refractivity contribution in [2.24, 2.45) is 0 Å². The largest absolute Gasteiger partial charge is 0.378 e. The van der Waals surface area contributed by atoms with Gasteiger partial charge in [-0.2, -0.15) is 10.2 Å². The van der Waals surface area contributed by atoms with Crippen LogP contribution in [0.1, 0.15) is 21.6 Å². The molecule has 0 saturated carbocycles. The van der Waals surface area contributed by atoms with E-state index in [1.807, 2.05) is 41.2 Å². The van der Waals surface area contributed by atoms with Crippen LogP contribution in [0.2, 0.25) is 0 Å². The Morgan fingerprint density at radius 2 is 1.86 bits per heavy atom. The Morgan fingerprint density at radius 1 is 1.03 bits per heavy atom. The smallest absolute Gasteiger partial charge is 0.274 e. The molecule has 0 unspecified atom stereocenters. The van der Waals surface area contributed by atoms with E-state index in [1.54, 1.807) is 40.0 Å². The summed E-state index contributed by atoms with van der Waals surface area (Å²) in [7, 11) is -3.61. The van der Waals surface area contributed by atoms with E-state index < -0.39 is 9.84 Å². The Morgan fingerprint density at radius 3 is 2.66 bits per heavy atom. The molecule has 35 heavy (non-hydrogen) atoms. The van der Waals surface area contributed by atoms with Gasteiger partial charge in [0.25, 0.3) is 5.91 Å². The van der Waals surface area contributed by atoms with Crippen molar-refractivity contribution in [2.45, 2.75) is 17.2 Å². The van der Waals surface area contributed by atoms with Crippen LogP contribution in [0.5, 0.6) is 0 Å². The van der Waals surface area contributed by atoms with Crippen LogP contribution in [0.4, 0.5) is 0 Å². The van der Waals surface area contributed by atoms with Gasteiger partial charge in [-0.1, -0.05) is 30.3 Å². The zero-order valence-corrected chi connectivity index (χ0v) is 19.7. The summed E-state index contributed by atoms with van der Waals surface area (Å²) in [5.74, 6) is -0.539. The number of morpholine rings is 1. The number of carbonyl (C=O) groups excluding carboxylic acids is 1. The van der Waals surface area contributed by atoms with E-state index in [1.165, 1.54) is 0 Å². The number of benzene rings is 2. The maximum atomic E-state index is 13.5. The summed E-state index contributed by atoms with van der Waals surface area (Å²) in [6.07, 6.45) is 3.62. The van der Waals surface area contributed by atoms with E-state index in [9.17, 15) is 13.2 Å². The molecule has 0 N–H and O–H groups in total. The highest BCUT2D eigenvalue weighted by molar-refractivity contribution is 7.90. The molecule has 4 aromatic rings. The molecule has 1 fully saturated rings. The molecule has 0 spiro atoms. The Labute approximate surface area is 202 Å². The molecule has 10 heteroatoms. The minimum absolute atomic E-state index is 0.178. The first-order valence-electron chi connectivity index (χ1n) is 11.4. The van der Waals surface area contributed by atoms with Gasteiger partial charge in [-0.05, 0) is 29.8 Å². The minimum Gasteiger partial charge on any atom is -0.378 e. The average molecular weight is 490 g/mol.